The summed E-state index contributed by atoms with van der Waals surface area (Å²) in [5, 5.41) is 18.1. The Hall–Kier alpha value is -1.78. The topological polar surface area (TPSA) is 49.7 Å². The second-order valence-corrected chi connectivity index (χ2v) is 5.80. The second-order valence-electron chi connectivity index (χ2n) is 5.80. The van der Waals surface area contributed by atoms with Gasteiger partial charge in [0.2, 0.25) is 0 Å². The van der Waals surface area contributed by atoms with Gasteiger partial charge in [-0.05, 0) is 30.0 Å². The van der Waals surface area contributed by atoms with Gasteiger partial charge in [-0.1, -0.05) is 75.1 Å². The highest BCUT2D eigenvalue weighted by Crippen LogP contribution is 2.30. The van der Waals surface area contributed by atoms with E-state index in [1.165, 1.54) is 37.7 Å². The molecule has 23 heavy (non-hydrogen) atoms. The molecule has 0 aromatic heterocycles. The minimum absolute atomic E-state index is 0.475. The maximum Gasteiger partial charge on any atom is 0.707 e. The van der Waals surface area contributed by atoms with Crippen molar-refractivity contribution >= 4 is 7.32 Å². The zero-order chi connectivity index (χ0) is 16.5. The van der Waals surface area contributed by atoms with Gasteiger partial charge in [-0.2, -0.15) is 0 Å². The van der Waals surface area contributed by atoms with E-state index in [0.717, 1.165) is 17.5 Å². The van der Waals surface area contributed by atoms with Crippen LogP contribution >= 0.6 is 0 Å². The van der Waals surface area contributed by atoms with Crippen LogP contribution in [0.25, 0.3) is 11.1 Å². The maximum absolute atomic E-state index is 9.05. The first-order chi connectivity index (χ1) is 11.2. The molecule has 4 heteroatoms. The van der Waals surface area contributed by atoms with Crippen molar-refractivity contribution < 1.29 is 14.7 Å². The van der Waals surface area contributed by atoms with Crippen LogP contribution in [0.5, 0.6) is 5.75 Å². The van der Waals surface area contributed by atoms with Gasteiger partial charge in [0.05, 0.1) is 0 Å². The number of hydrogen-bond acceptors (Lipinski definition) is 3. The SMILES string of the molecule is CCCCCCCc1cccc(-c2ccccc2OB(O)O)c1. The molecule has 0 heterocycles. The number of para-hydroxylation sites is 1. The third-order valence-electron chi connectivity index (χ3n) is 3.93. The summed E-state index contributed by atoms with van der Waals surface area (Å²) < 4.78 is 5.08. The number of rotatable bonds is 9. The van der Waals surface area contributed by atoms with Gasteiger partial charge >= 0.3 is 7.32 Å². The molecule has 0 radical (unpaired) electrons. The lowest BCUT2D eigenvalue weighted by atomic mass is 9.99. The maximum atomic E-state index is 9.05. The van der Waals surface area contributed by atoms with Crippen molar-refractivity contribution in [1.82, 2.24) is 0 Å². The van der Waals surface area contributed by atoms with Crippen molar-refractivity contribution in [2.75, 3.05) is 0 Å². The molecule has 0 aliphatic rings. The quantitative estimate of drug-likeness (QED) is 0.538. The van der Waals surface area contributed by atoms with Crippen LogP contribution in [-0.2, 0) is 6.42 Å². The van der Waals surface area contributed by atoms with Crippen LogP contribution in [0.3, 0.4) is 0 Å². The van der Waals surface area contributed by atoms with Crippen molar-refractivity contribution in [1.29, 1.82) is 0 Å². The van der Waals surface area contributed by atoms with Crippen LogP contribution in [0, 0.1) is 0 Å². The fraction of sp³-hybridized carbons (Fsp3) is 0.368. The predicted octanol–water partition coefficient (Wildman–Crippen LogP) is 4.21. The van der Waals surface area contributed by atoms with E-state index < -0.39 is 7.32 Å². The second kappa shape index (κ2) is 9.38. The Balaban J connectivity index is 2.07. The monoisotopic (exact) mass is 312 g/mol. The van der Waals surface area contributed by atoms with Crippen molar-refractivity contribution in [2.45, 2.75) is 45.4 Å². The molecule has 122 valence electrons. The van der Waals surface area contributed by atoms with Gasteiger partial charge in [-0.15, -0.1) is 0 Å². The average Bonchev–Trinajstić information content (AvgIpc) is 2.55. The normalized spacial score (nSPS) is 10.6. The molecule has 0 amide bonds. The zero-order valence-corrected chi connectivity index (χ0v) is 13.7. The van der Waals surface area contributed by atoms with Gasteiger partial charge in [-0.3, -0.25) is 0 Å². The highest BCUT2D eigenvalue weighted by Gasteiger charge is 2.14. The van der Waals surface area contributed by atoms with Crippen molar-refractivity contribution in [3.05, 3.63) is 54.1 Å². The minimum Gasteiger partial charge on any atom is -0.512 e. The Bertz CT molecular complexity index is 599. The van der Waals surface area contributed by atoms with E-state index in [1.54, 1.807) is 6.07 Å². The molecule has 0 saturated heterocycles. The van der Waals surface area contributed by atoms with Gasteiger partial charge in [-0.25, -0.2) is 0 Å². The predicted molar refractivity (Wildman–Crippen MR) is 95.2 cm³/mol. The lowest BCUT2D eigenvalue weighted by Crippen LogP contribution is -2.20. The zero-order valence-electron chi connectivity index (χ0n) is 13.7. The fourth-order valence-electron chi connectivity index (χ4n) is 2.75. The van der Waals surface area contributed by atoms with Crippen LogP contribution in [0.4, 0.5) is 0 Å². The molecule has 0 aliphatic heterocycles. The van der Waals surface area contributed by atoms with Crippen LogP contribution in [0.1, 0.15) is 44.6 Å². The number of unbranched alkanes of at least 4 members (excludes halogenated alkanes) is 4. The highest BCUT2D eigenvalue weighted by atomic mass is 16.6. The molecular weight excluding hydrogens is 287 g/mol. The van der Waals surface area contributed by atoms with Crippen LogP contribution in [0.2, 0.25) is 0 Å². The van der Waals surface area contributed by atoms with E-state index in [9.17, 15) is 0 Å². The standard InChI is InChI=1S/C19H25BO3/c1-2-3-4-5-6-10-16-11-9-12-17(15-16)18-13-7-8-14-19(18)23-20(21)22/h7-9,11-15,21-22H,2-6,10H2,1H3. The summed E-state index contributed by atoms with van der Waals surface area (Å²) in [7, 11) is -1.81. The largest absolute Gasteiger partial charge is 0.707 e. The van der Waals surface area contributed by atoms with Crippen molar-refractivity contribution in [2.24, 2.45) is 0 Å². The molecule has 3 nitrogen and oxygen atoms in total. The third-order valence-corrected chi connectivity index (χ3v) is 3.93. The Morgan fingerprint density at radius 3 is 2.48 bits per heavy atom. The summed E-state index contributed by atoms with van der Waals surface area (Å²) >= 11 is 0. The molecule has 2 rings (SSSR count). The van der Waals surface area contributed by atoms with E-state index in [4.69, 9.17) is 14.7 Å². The van der Waals surface area contributed by atoms with Crippen molar-refractivity contribution in [3.63, 3.8) is 0 Å². The van der Waals surface area contributed by atoms with Gasteiger partial charge in [0.1, 0.15) is 5.75 Å². The van der Waals surface area contributed by atoms with Crippen LogP contribution in [-0.4, -0.2) is 17.4 Å². The molecule has 0 unspecified atom stereocenters. The summed E-state index contributed by atoms with van der Waals surface area (Å²) in [5.41, 5.74) is 3.21. The average molecular weight is 312 g/mol. The molecule has 2 aromatic rings. The van der Waals surface area contributed by atoms with Crippen molar-refractivity contribution in [3.8, 4) is 16.9 Å². The fourth-order valence-corrected chi connectivity index (χ4v) is 2.75. The van der Waals surface area contributed by atoms with Gasteiger partial charge in [0, 0.05) is 5.56 Å². The summed E-state index contributed by atoms with van der Waals surface area (Å²) in [5.74, 6) is 0.475. The smallest absolute Gasteiger partial charge is 0.512 e. The van der Waals surface area contributed by atoms with Crippen LogP contribution < -0.4 is 4.65 Å². The van der Waals surface area contributed by atoms with Crippen LogP contribution in [0.15, 0.2) is 48.5 Å². The first-order valence-electron chi connectivity index (χ1n) is 8.42. The Kier molecular flexibility index (Phi) is 7.17. The summed E-state index contributed by atoms with van der Waals surface area (Å²) in [6.45, 7) is 2.23. The molecule has 0 atom stereocenters. The Morgan fingerprint density at radius 1 is 0.913 bits per heavy atom. The molecule has 0 aliphatic carbocycles. The molecule has 2 N–H and O–H groups in total. The lowest BCUT2D eigenvalue weighted by Gasteiger charge is -2.12. The minimum atomic E-state index is -1.81. The first-order valence-corrected chi connectivity index (χ1v) is 8.42. The van der Waals surface area contributed by atoms with E-state index in [2.05, 4.69) is 19.1 Å². The molecule has 0 bridgehead atoms. The molecular formula is C19H25BO3. The first kappa shape index (κ1) is 17.6. The van der Waals surface area contributed by atoms with E-state index in [0.29, 0.717) is 5.75 Å². The van der Waals surface area contributed by atoms with E-state index in [-0.39, 0.29) is 0 Å². The number of aryl methyl sites for hydroxylation is 1. The molecule has 2 aromatic carbocycles. The molecule has 0 spiro atoms. The Morgan fingerprint density at radius 2 is 1.70 bits per heavy atom. The lowest BCUT2D eigenvalue weighted by molar-refractivity contribution is 0.288. The van der Waals surface area contributed by atoms with Gasteiger partial charge in [0.15, 0.2) is 0 Å². The van der Waals surface area contributed by atoms with Gasteiger partial charge in [0.25, 0.3) is 0 Å². The van der Waals surface area contributed by atoms with Gasteiger partial charge < -0.3 is 14.7 Å². The molecule has 0 fully saturated rings. The van der Waals surface area contributed by atoms with E-state index in [1.807, 2.05) is 30.3 Å². The third kappa shape index (κ3) is 5.74. The number of benzene rings is 2. The highest BCUT2D eigenvalue weighted by molar-refractivity contribution is 6.34. The molecule has 0 saturated carbocycles. The summed E-state index contributed by atoms with van der Waals surface area (Å²) in [6.07, 6.45) is 7.44. The Labute approximate surface area is 139 Å². The number of hydrogen-bond donors (Lipinski definition) is 2. The van der Waals surface area contributed by atoms with E-state index >= 15 is 0 Å². The summed E-state index contributed by atoms with van der Waals surface area (Å²) in [4.78, 5) is 0. The summed E-state index contributed by atoms with van der Waals surface area (Å²) in [6, 6.07) is 15.8.